The Morgan fingerprint density at radius 1 is 0.938 bits per heavy atom. The normalized spacial score (nSPS) is 12.5. The Morgan fingerprint density at radius 2 is 1.44 bits per heavy atom. The zero-order chi connectivity index (χ0) is 12.4. The van der Waals surface area contributed by atoms with E-state index in [1.54, 1.807) is 0 Å². The van der Waals surface area contributed by atoms with Crippen LogP contribution >= 0.6 is 12.6 Å². The smallest absolute Gasteiger partial charge is 0.0163 e. The first kappa shape index (κ1) is 16.1. The number of hydrogen-bond donors (Lipinski definition) is 1. The molecule has 0 radical (unpaired) electrons. The molecule has 0 aromatic heterocycles. The van der Waals surface area contributed by atoms with Gasteiger partial charge in [-0.05, 0) is 37.8 Å². The molecular weight excluding hydrogens is 214 g/mol. The van der Waals surface area contributed by atoms with Crippen LogP contribution < -0.4 is 0 Å². The van der Waals surface area contributed by atoms with E-state index in [2.05, 4.69) is 57.4 Å². The second kappa shape index (κ2) is 10.2. The molecule has 0 aliphatic rings. The van der Waals surface area contributed by atoms with E-state index in [4.69, 9.17) is 0 Å². The minimum Gasteiger partial charge on any atom is -0.300 e. The summed E-state index contributed by atoms with van der Waals surface area (Å²) in [4.78, 5) is 2.56. The standard InChI is InChI=1S/C14H29NS/c1-13(2)7-10-15(9-5-6-12-16)11-8-14(3)4/h5-6,13-14,16H,7-12H2,1-4H3/b6-5+. The zero-order valence-corrected chi connectivity index (χ0v) is 12.3. The second-order valence-corrected chi connectivity index (χ2v) is 5.68. The van der Waals surface area contributed by atoms with Crippen molar-refractivity contribution in [3.05, 3.63) is 12.2 Å². The fourth-order valence-corrected chi connectivity index (χ4v) is 1.62. The van der Waals surface area contributed by atoms with Gasteiger partial charge in [0.15, 0.2) is 0 Å². The van der Waals surface area contributed by atoms with Crippen LogP contribution in [-0.4, -0.2) is 30.3 Å². The minimum atomic E-state index is 0.801. The summed E-state index contributed by atoms with van der Waals surface area (Å²) in [5.41, 5.74) is 0. The Hall–Kier alpha value is 0.0500. The van der Waals surface area contributed by atoms with Crippen LogP contribution in [0.3, 0.4) is 0 Å². The van der Waals surface area contributed by atoms with Crippen molar-refractivity contribution in [3.63, 3.8) is 0 Å². The Bertz CT molecular complexity index is 164. The van der Waals surface area contributed by atoms with Crippen molar-refractivity contribution in [1.29, 1.82) is 0 Å². The number of thiol groups is 1. The van der Waals surface area contributed by atoms with E-state index >= 15 is 0 Å². The topological polar surface area (TPSA) is 3.24 Å². The van der Waals surface area contributed by atoms with Crippen molar-refractivity contribution in [2.45, 2.75) is 40.5 Å². The highest BCUT2D eigenvalue weighted by Crippen LogP contribution is 2.06. The van der Waals surface area contributed by atoms with E-state index < -0.39 is 0 Å². The number of hydrogen-bond acceptors (Lipinski definition) is 2. The Balaban J connectivity index is 3.89. The third-order valence-corrected chi connectivity index (χ3v) is 2.89. The summed E-state index contributed by atoms with van der Waals surface area (Å²) in [5.74, 6) is 2.45. The molecule has 0 unspecified atom stereocenters. The summed E-state index contributed by atoms with van der Waals surface area (Å²) in [6, 6.07) is 0. The molecule has 0 saturated carbocycles. The quantitative estimate of drug-likeness (QED) is 0.475. The largest absolute Gasteiger partial charge is 0.300 e. The second-order valence-electron chi connectivity index (χ2n) is 5.32. The van der Waals surface area contributed by atoms with Crippen LogP contribution in [-0.2, 0) is 0 Å². The van der Waals surface area contributed by atoms with Gasteiger partial charge in [-0.1, -0.05) is 39.8 Å². The molecule has 0 saturated heterocycles. The van der Waals surface area contributed by atoms with Gasteiger partial charge in [0.05, 0.1) is 0 Å². The predicted octanol–water partition coefficient (Wildman–Crippen LogP) is 3.87. The first-order valence-corrected chi connectivity index (χ1v) is 7.17. The van der Waals surface area contributed by atoms with Crippen LogP contribution in [0, 0.1) is 11.8 Å². The van der Waals surface area contributed by atoms with Crippen LogP contribution in [0.25, 0.3) is 0 Å². The van der Waals surface area contributed by atoms with E-state index in [1.807, 2.05) is 0 Å². The van der Waals surface area contributed by atoms with E-state index in [0.717, 1.165) is 24.1 Å². The van der Waals surface area contributed by atoms with Gasteiger partial charge in [0.1, 0.15) is 0 Å². The van der Waals surface area contributed by atoms with E-state index in [0.29, 0.717) is 0 Å². The number of rotatable bonds is 9. The van der Waals surface area contributed by atoms with Crippen molar-refractivity contribution < 1.29 is 0 Å². The highest BCUT2D eigenvalue weighted by Gasteiger charge is 2.05. The SMILES string of the molecule is CC(C)CCN(C/C=C/CS)CCC(C)C. The molecule has 0 aliphatic heterocycles. The van der Waals surface area contributed by atoms with Crippen molar-refractivity contribution >= 4 is 12.6 Å². The maximum Gasteiger partial charge on any atom is 0.0163 e. The third-order valence-electron chi connectivity index (χ3n) is 2.68. The molecule has 0 aromatic rings. The highest BCUT2D eigenvalue weighted by atomic mass is 32.1. The predicted molar refractivity (Wildman–Crippen MR) is 78.3 cm³/mol. The monoisotopic (exact) mass is 243 g/mol. The average molecular weight is 243 g/mol. The lowest BCUT2D eigenvalue weighted by Crippen LogP contribution is -2.28. The van der Waals surface area contributed by atoms with E-state index in [9.17, 15) is 0 Å². The molecule has 0 aromatic carbocycles. The van der Waals surface area contributed by atoms with Crippen molar-refractivity contribution in [3.8, 4) is 0 Å². The van der Waals surface area contributed by atoms with Gasteiger partial charge in [-0.25, -0.2) is 0 Å². The number of nitrogens with zero attached hydrogens (tertiary/aromatic N) is 1. The van der Waals surface area contributed by atoms with Gasteiger partial charge in [-0.15, -0.1) is 0 Å². The molecule has 16 heavy (non-hydrogen) atoms. The van der Waals surface area contributed by atoms with Gasteiger partial charge in [-0.3, -0.25) is 4.90 Å². The van der Waals surface area contributed by atoms with Gasteiger partial charge in [0.2, 0.25) is 0 Å². The summed E-state index contributed by atoms with van der Waals surface area (Å²) >= 11 is 4.19. The van der Waals surface area contributed by atoms with Gasteiger partial charge < -0.3 is 0 Å². The molecule has 96 valence electrons. The summed E-state index contributed by atoms with van der Waals surface area (Å²) in [6.07, 6.45) is 6.98. The summed E-state index contributed by atoms with van der Waals surface area (Å²) < 4.78 is 0. The van der Waals surface area contributed by atoms with Crippen molar-refractivity contribution in [2.75, 3.05) is 25.4 Å². The lowest BCUT2D eigenvalue weighted by molar-refractivity contribution is 0.266. The fourth-order valence-electron chi connectivity index (χ4n) is 1.47. The summed E-state index contributed by atoms with van der Waals surface area (Å²) in [7, 11) is 0. The maximum absolute atomic E-state index is 4.19. The van der Waals surface area contributed by atoms with Gasteiger partial charge in [0.25, 0.3) is 0 Å². The maximum atomic E-state index is 4.19. The van der Waals surface area contributed by atoms with Crippen LogP contribution in [0.15, 0.2) is 12.2 Å². The van der Waals surface area contributed by atoms with Gasteiger partial charge >= 0.3 is 0 Å². The Morgan fingerprint density at radius 3 is 1.81 bits per heavy atom. The zero-order valence-electron chi connectivity index (χ0n) is 11.4. The molecule has 0 spiro atoms. The first-order chi connectivity index (χ1) is 7.56. The van der Waals surface area contributed by atoms with Crippen molar-refractivity contribution in [1.82, 2.24) is 4.90 Å². The molecule has 2 heteroatoms. The lowest BCUT2D eigenvalue weighted by Gasteiger charge is -2.22. The molecule has 0 heterocycles. The molecule has 0 amide bonds. The first-order valence-electron chi connectivity index (χ1n) is 6.54. The molecular formula is C14H29NS. The molecule has 0 bridgehead atoms. The summed E-state index contributed by atoms with van der Waals surface area (Å²) in [6.45, 7) is 12.7. The average Bonchev–Trinajstić information content (AvgIpc) is 2.21. The third kappa shape index (κ3) is 10.6. The van der Waals surface area contributed by atoms with Gasteiger partial charge in [-0.2, -0.15) is 12.6 Å². The van der Waals surface area contributed by atoms with E-state index in [1.165, 1.54) is 25.9 Å². The van der Waals surface area contributed by atoms with Crippen LogP contribution in [0.5, 0.6) is 0 Å². The van der Waals surface area contributed by atoms with Crippen LogP contribution in [0.2, 0.25) is 0 Å². The molecule has 0 rings (SSSR count). The molecule has 0 atom stereocenters. The van der Waals surface area contributed by atoms with E-state index in [-0.39, 0.29) is 0 Å². The summed E-state index contributed by atoms with van der Waals surface area (Å²) in [5, 5.41) is 0. The lowest BCUT2D eigenvalue weighted by atomic mass is 10.1. The van der Waals surface area contributed by atoms with Crippen LogP contribution in [0.4, 0.5) is 0 Å². The molecule has 0 N–H and O–H groups in total. The molecule has 0 fully saturated rings. The Labute approximate surface area is 108 Å². The van der Waals surface area contributed by atoms with Crippen LogP contribution in [0.1, 0.15) is 40.5 Å². The fraction of sp³-hybridized carbons (Fsp3) is 0.857. The minimum absolute atomic E-state index is 0.801. The van der Waals surface area contributed by atoms with Gasteiger partial charge in [0, 0.05) is 12.3 Å². The molecule has 1 nitrogen and oxygen atoms in total. The van der Waals surface area contributed by atoms with Crippen molar-refractivity contribution in [2.24, 2.45) is 11.8 Å². The highest BCUT2D eigenvalue weighted by molar-refractivity contribution is 7.80. The molecule has 0 aliphatic carbocycles. The Kier molecular flexibility index (Phi) is 10.3.